The van der Waals surface area contributed by atoms with Crippen molar-refractivity contribution in [2.45, 2.75) is 83.0 Å². The molecule has 0 aliphatic carbocycles. The summed E-state index contributed by atoms with van der Waals surface area (Å²) in [5.74, 6) is -2.16. The number of carbonyl (C=O) groups is 4. The molecule has 1 heterocycles. The summed E-state index contributed by atoms with van der Waals surface area (Å²) in [5, 5.41) is 21.3. The third-order valence-corrected chi connectivity index (χ3v) is 7.80. The van der Waals surface area contributed by atoms with E-state index >= 15 is 0 Å². The van der Waals surface area contributed by atoms with Gasteiger partial charge < -0.3 is 43.6 Å². The van der Waals surface area contributed by atoms with Crippen molar-refractivity contribution in [3.63, 3.8) is 0 Å². The largest absolute Gasteiger partial charge is 0.508 e. The van der Waals surface area contributed by atoms with Gasteiger partial charge in [-0.1, -0.05) is 30.3 Å². The van der Waals surface area contributed by atoms with E-state index < -0.39 is 47.8 Å². The lowest BCUT2D eigenvalue weighted by Gasteiger charge is -2.30. The van der Waals surface area contributed by atoms with Crippen LogP contribution < -0.4 is 38.5 Å². The molecule has 0 unspecified atom stereocenters. The number of guanidine groups is 1. The number of nitrogens with zero attached hydrogens (tertiary/aromatic N) is 1. The Morgan fingerprint density at radius 1 is 0.733 bits per heavy atom. The van der Waals surface area contributed by atoms with Crippen molar-refractivity contribution in [3.05, 3.63) is 64.7 Å². The van der Waals surface area contributed by atoms with Crippen molar-refractivity contribution in [2.75, 3.05) is 13.1 Å². The van der Waals surface area contributed by atoms with Gasteiger partial charge in [0.2, 0.25) is 23.6 Å². The summed E-state index contributed by atoms with van der Waals surface area (Å²) in [6.45, 7) is 4.26. The van der Waals surface area contributed by atoms with E-state index in [1.54, 1.807) is 26.0 Å². The van der Waals surface area contributed by atoms with Gasteiger partial charge in [0.25, 0.3) is 0 Å². The number of hydrogen-bond donors (Lipinski definition) is 8. The molecule has 4 amide bonds. The zero-order valence-corrected chi connectivity index (χ0v) is 26.0. The van der Waals surface area contributed by atoms with Crippen LogP contribution in [0.5, 0.6) is 5.75 Å². The predicted molar refractivity (Wildman–Crippen MR) is 172 cm³/mol. The number of benzene rings is 2. The van der Waals surface area contributed by atoms with E-state index in [4.69, 9.17) is 17.2 Å². The number of nitrogens with one attached hydrogen (secondary N) is 4. The summed E-state index contributed by atoms with van der Waals surface area (Å²) in [4.78, 5) is 58.9. The Hall–Kier alpha value is -4.65. The van der Waals surface area contributed by atoms with Crippen LogP contribution in [-0.2, 0) is 32.0 Å². The quantitative estimate of drug-likeness (QED) is 0.0906. The smallest absolute Gasteiger partial charge is 0.243 e. The maximum atomic E-state index is 13.8. The summed E-state index contributed by atoms with van der Waals surface area (Å²) in [7, 11) is 0. The second-order valence-corrected chi connectivity index (χ2v) is 11.4. The van der Waals surface area contributed by atoms with E-state index in [0.29, 0.717) is 32.2 Å². The van der Waals surface area contributed by atoms with Gasteiger partial charge in [-0.05, 0) is 86.9 Å². The minimum Gasteiger partial charge on any atom is -0.508 e. The number of nitrogens with two attached hydrogens (primary N) is 3. The molecular weight excluding hydrogens is 576 g/mol. The van der Waals surface area contributed by atoms with Crippen LogP contribution in [0.4, 0.5) is 0 Å². The molecule has 0 saturated carbocycles. The van der Waals surface area contributed by atoms with Crippen LogP contribution in [0.15, 0.2) is 47.5 Å². The highest BCUT2D eigenvalue weighted by Crippen LogP contribution is 2.22. The van der Waals surface area contributed by atoms with Crippen molar-refractivity contribution >= 4 is 29.6 Å². The highest BCUT2D eigenvalue weighted by Gasteiger charge is 2.34. The summed E-state index contributed by atoms with van der Waals surface area (Å²) >= 11 is 0. The molecule has 1 fully saturated rings. The monoisotopic (exact) mass is 622 g/mol. The van der Waals surface area contributed by atoms with Crippen LogP contribution in [0.3, 0.4) is 0 Å². The fourth-order valence-electron chi connectivity index (χ4n) is 5.39. The SMILES string of the molecule is Cc1cc(O)cc(C)c1C[C@H]1NC(=O)[C@@H](CCCCN)NC(=O)[C@@H](Cc2ccccc2)NC(=O)[C@H](CCCN=C(N)N)NC1=O. The maximum absolute atomic E-state index is 13.8. The number of amides is 4. The predicted octanol–water partition coefficient (Wildman–Crippen LogP) is -0.0704. The van der Waals surface area contributed by atoms with Crippen LogP contribution in [0, 0.1) is 13.8 Å². The van der Waals surface area contributed by atoms with Gasteiger partial charge in [0.15, 0.2) is 5.96 Å². The van der Waals surface area contributed by atoms with Crippen LogP contribution in [0.1, 0.15) is 54.4 Å². The van der Waals surface area contributed by atoms with E-state index in [2.05, 4.69) is 26.3 Å². The average molecular weight is 623 g/mol. The number of aryl methyl sites for hydroxylation is 2. The number of phenols is 1. The van der Waals surface area contributed by atoms with Gasteiger partial charge in [-0.15, -0.1) is 0 Å². The van der Waals surface area contributed by atoms with Gasteiger partial charge in [0, 0.05) is 19.4 Å². The van der Waals surface area contributed by atoms with Crippen molar-refractivity contribution in [3.8, 4) is 5.75 Å². The Morgan fingerprint density at radius 2 is 1.22 bits per heavy atom. The molecule has 0 bridgehead atoms. The normalized spacial score (nSPS) is 21.0. The Morgan fingerprint density at radius 3 is 1.76 bits per heavy atom. The number of rotatable bonds is 12. The number of hydrogen-bond acceptors (Lipinski definition) is 7. The maximum Gasteiger partial charge on any atom is 0.243 e. The van der Waals surface area contributed by atoms with Crippen LogP contribution in [0.25, 0.3) is 0 Å². The number of aromatic hydroxyl groups is 1. The summed E-state index contributed by atoms with van der Waals surface area (Å²) in [6, 6.07) is 8.25. The summed E-state index contributed by atoms with van der Waals surface area (Å²) in [6.07, 6.45) is 2.30. The second kappa shape index (κ2) is 17.0. The highest BCUT2D eigenvalue weighted by molar-refractivity contribution is 5.97. The molecule has 0 spiro atoms. The molecule has 1 saturated heterocycles. The first-order valence-corrected chi connectivity index (χ1v) is 15.3. The first-order valence-electron chi connectivity index (χ1n) is 15.3. The Labute approximate surface area is 263 Å². The lowest BCUT2D eigenvalue weighted by atomic mass is 9.94. The van der Waals surface area contributed by atoms with Crippen LogP contribution >= 0.6 is 0 Å². The van der Waals surface area contributed by atoms with Crippen molar-refractivity contribution in [2.24, 2.45) is 22.2 Å². The van der Waals surface area contributed by atoms with Gasteiger partial charge in [-0.25, -0.2) is 0 Å². The lowest BCUT2D eigenvalue weighted by Crippen LogP contribution is -2.62. The number of unbranched alkanes of at least 4 members (excludes halogenated alkanes) is 1. The Kier molecular flexibility index (Phi) is 13.2. The van der Waals surface area contributed by atoms with Crippen LogP contribution in [-0.4, -0.2) is 72.0 Å². The molecular formula is C32H46N8O5. The van der Waals surface area contributed by atoms with Gasteiger partial charge >= 0.3 is 0 Å². The fraction of sp³-hybridized carbons (Fsp3) is 0.469. The first kappa shape index (κ1) is 34.8. The van der Waals surface area contributed by atoms with E-state index in [1.807, 2.05) is 30.3 Å². The molecule has 1 aliphatic heterocycles. The Balaban J connectivity index is 1.99. The molecule has 13 nitrogen and oxygen atoms in total. The minimum atomic E-state index is -1.08. The van der Waals surface area contributed by atoms with E-state index in [9.17, 15) is 24.3 Å². The van der Waals surface area contributed by atoms with Gasteiger partial charge in [0.05, 0.1) is 0 Å². The Bertz CT molecular complexity index is 1340. The van der Waals surface area contributed by atoms with E-state index in [-0.39, 0.29) is 37.5 Å². The number of carbonyl (C=O) groups excluding carboxylic acids is 4. The molecule has 13 heteroatoms. The lowest BCUT2D eigenvalue weighted by molar-refractivity contribution is -0.136. The summed E-state index contributed by atoms with van der Waals surface area (Å²) < 4.78 is 0. The standard InChI is InChI=1S/C32H46N8O5/c1-19-15-22(41)16-20(2)23(19)18-27-31(45)38-25(12-8-14-36-32(34)35)29(43)39-26(17-21-9-4-3-5-10-21)30(44)37-24(28(42)40-27)11-6-7-13-33/h3-5,9-10,15-16,24-27,41H,6-8,11-14,17-18,33H2,1-2H3,(H,37,44)(H,38,45)(H,39,43)(H,40,42)(H4,34,35,36)/t24-,25+,26-,27-/m1/s1. The third kappa shape index (κ3) is 10.8. The average Bonchev–Trinajstić information content (AvgIpc) is 2.98. The molecule has 0 aromatic heterocycles. The van der Waals surface area contributed by atoms with E-state index in [1.165, 1.54) is 0 Å². The first-order chi connectivity index (χ1) is 21.5. The van der Waals surface area contributed by atoms with Crippen LogP contribution in [0.2, 0.25) is 0 Å². The van der Waals surface area contributed by atoms with Crippen molar-refractivity contribution in [1.82, 2.24) is 21.3 Å². The number of phenolic OH excluding ortho intramolecular Hbond substituents is 1. The zero-order chi connectivity index (χ0) is 32.9. The summed E-state index contributed by atoms with van der Waals surface area (Å²) in [5.41, 5.74) is 19.6. The molecule has 2 aromatic rings. The molecule has 4 atom stereocenters. The molecule has 244 valence electrons. The van der Waals surface area contributed by atoms with Crippen molar-refractivity contribution < 1.29 is 24.3 Å². The fourth-order valence-corrected chi connectivity index (χ4v) is 5.39. The molecule has 11 N–H and O–H groups in total. The molecule has 0 radical (unpaired) electrons. The highest BCUT2D eigenvalue weighted by atomic mass is 16.3. The molecule has 45 heavy (non-hydrogen) atoms. The van der Waals surface area contributed by atoms with E-state index in [0.717, 1.165) is 22.3 Å². The van der Waals surface area contributed by atoms with Gasteiger partial charge in [-0.3, -0.25) is 24.2 Å². The number of aliphatic imine (C=N–C) groups is 1. The molecule has 1 aliphatic rings. The van der Waals surface area contributed by atoms with Gasteiger partial charge in [-0.2, -0.15) is 0 Å². The van der Waals surface area contributed by atoms with Crippen molar-refractivity contribution in [1.29, 1.82) is 0 Å². The molecule has 3 rings (SSSR count). The molecule has 2 aromatic carbocycles. The second-order valence-electron chi connectivity index (χ2n) is 11.4. The van der Waals surface area contributed by atoms with Gasteiger partial charge in [0.1, 0.15) is 29.9 Å². The third-order valence-electron chi connectivity index (χ3n) is 7.80. The zero-order valence-electron chi connectivity index (χ0n) is 26.0. The minimum absolute atomic E-state index is 0.0891. The topological polar surface area (TPSA) is 227 Å².